The quantitative estimate of drug-likeness (QED) is 0.458. The van der Waals surface area contributed by atoms with Crippen molar-refractivity contribution in [3.8, 4) is 0 Å². The van der Waals surface area contributed by atoms with Crippen molar-refractivity contribution in [3.05, 3.63) is 41.2 Å². The maximum atomic E-state index is 3.90. The fourth-order valence-corrected chi connectivity index (χ4v) is 1.70. The molecule has 1 saturated carbocycles. The van der Waals surface area contributed by atoms with Gasteiger partial charge in [-0.25, -0.2) is 0 Å². The van der Waals surface area contributed by atoms with Gasteiger partial charge in [0.25, 0.3) is 0 Å². The van der Waals surface area contributed by atoms with E-state index in [-0.39, 0.29) is 0 Å². The fraction of sp³-hybridized carbons (Fsp3) is 0.364. The third kappa shape index (κ3) is 1.22. The summed E-state index contributed by atoms with van der Waals surface area (Å²) >= 11 is 0. The number of allylic oxidation sites excluding steroid dienone is 4. The second kappa shape index (κ2) is 2.56. The van der Waals surface area contributed by atoms with E-state index in [9.17, 15) is 0 Å². The summed E-state index contributed by atoms with van der Waals surface area (Å²) in [6.45, 7) is 3.90. The molecule has 2 aliphatic rings. The molecule has 0 spiro atoms. The Bertz CT molecular complexity index is 283. The van der Waals surface area contributed by atoms with Crippen molar-refractivity contribution < 1.29 is 0 Å². The zero-order valence-electron chi connectivity index (χ0n) is 6.69. The number of rotatable bonds is 0. The van der Waals surface area contributed by atoms with Gasteiger partial charge in [-0.1, -0.05) is 12.7 Å². The minimum Gasteiger partial charge on any atom is -0.116 e. The van der Waals surface area contributed by atoms with Crippen LogP contribution >= 0.6 is 0 Å². The average molecular weight is 144 g/mol. The van der Waals surface area contributed by atoms with Gasteiger partial charge in [0.05, 0.1) is 0 Å². The van der Waals surface area contributed by atoms with Crippen LogP contribution in [0.25, 0.3) is 0 Å². The van der Waals surface area contributed by atoms with E-state index in [0.717, 1.165) is 5.57 Å². The van der Waals surface area contributed by atoms with Crippen molar-refractivity contribution in [1.29, 1.82) is 0 Å². The van der Waals surface area contributed by atoms with Gasteiger partial charge in [0, 0.05) is 0 Å². The standard InChI is InChI=1S/C11H12/c1-9-6-7-10-4-2-3-5-11(10)8-9/h6,8H,1-5H2. The van der Waals surface area contributed by atoms with Crippen LogP contribution in [0.3, 0.4) is 0 Å². The van der Waals surface area contributed by atoms with Gasteiger partial charge in [-0.3, -0.25) is 0 Å². The Hall–Kier alpha value is -1.00. The second-order valence-electron chi connectivity index (χ2n) is 3.22. The predicted molar refractivity (Wildman–Crippen MR) is 47.3 cm³/mol. The van der Waals surface area contributed by atoms with Crippen molar-refractivity contribution in [2.24, 2.45) is 0 Å². The molecule has 0 aromatic carbocycles. The second-order valence-corrected chi connectivity index (χ2v) is 3.22. The van der Waals surface area contributed by atoms with Crippen LogP contribution in [-0.4, -0.2) is 0 Å². The molecular formula is C11H12. The van der Waals surface area contributed by atoms with E-state index in [1.54, 1.807) is 0 Å². The van der Waals surface area contributed by atoms with Crippen molar-refractivity contribution in [1.82, 2.24) is 0 Å². The van der Waals surface area contributed by atoms with E-state index >= 15 is 0 Å². The molecular weight excluding hydrogens is 132 g/mol. The van der Waals surface area contributed by atoms with Gasteiger partial charge in [-0.05, 0) is 48.5 Å². The van der Waals surface area contributed by atoms with Crippen LogP contribution in [0.5, 0.6) is 0 Å². The lowest BCUT2D eigenvalue weighted by atomic mass is 9.87. The molecule has 0 heteroatoms. The van der Waals surface area contributed by atoms with E-state index in [2.05, 4.69) is 18.4 Å². The molecule has 0 aromatic rings. The topological polar surface area (TPSA) is 0 Å². The molecule has 0 aliphatic heterocycles. The average Bonchev–Trinajstić information content (AvgIpc) is 2.04. The fourth-order valence-electron chi connectivity index (χ4n) is 1.70. The van der Waals surface area contributed by atoms with E-state index in [1.807, 2.05) is 6.08 Å². The molecule has 56 valence electrons. The van der Waals surface area contributed by atoms with Crippen molar-refractivity contribution in [2.75, 3.05) is 0 Å². The minimum absolute atomic E-state index is 1.10. The molecule has 2 rings (SSSR count). The van der Waals surface area contributed by atoms with E-state index in [4.69, 9.17) is 0 Å². The lowest BCUT2D eigenvalue weighted by Crippen LogP contribution is -1.99. The maximum Gasteiger partial charge on any atom is -0.00279 e. The highest BCUT2D eigenvalue weighted by Gasteiger charge is 2.12. The van der Waals surface area contributed by atoms with Crippen molar-refractivity contribution in [3.63, 3.8) is 0 Å². The molecule has 11 heavy (non-hydrogen) atoms. The minimum atomic E-state index is 1.10. The Balaban J connectivity index is 2.40. The maximum absolute atomic E-state index is 3.90. The zero-order valence-corrected chi connectivity index (χ0v) is 6.69. The number of fused-ring (bicyclic) bond motifs is 1. The largest absolute Gasteiger partial charge is 0.116 e. The summed E-state index contributed by atoms with van der Waals surface area (Å²) in [6, 6.07) is 0. The van der Waals surface area contributed by atoms with Crippen LogP contribution < -0.4 is 0 Å². The Kier molecular flexibility index (Phi) is 1.56. The molecule has 0 radical (unpaired) electrons. The normalized spacial score (nSPS) is 22.4. The lowest BCUT2D eigenvalue weighted by molar-refractivity contribution is 0.678. The lowest BCUT2D eigenvalue weighted by Gasteiger charge is -2.18. The van der Waals surface area contributed by atoms with Crippen molar-refractivity contribution >= 4 is 0 Å². The van der Waals surface area contributed by atoms with Crippen LogP contribution in [0, 0.1) is 0 Å². The smallest absolute Gasteiger partial charge is 0.00279 e. The van der Waals surface area contributed by atoms with Gasteiger partial charge in [0.2, 0.25) is 0 Å². The summed E-state index contributed by atoms with van der Waals surface area (Å²) in [7, 11) is 0. The molecule has 0 amide bonds. The Morgan fingerprint density at radius 2 is 2.09 bits per heavy atom. The highest BCUT2D eigenvalue weighted by molar-refractivity contribution is 5.45. The third-order valence-electron chi connectivity index (χ3n) is 2.30. The summed E-state index contributed by atoms with van der Waals surface area (Å²) in [6.07, 6.45) is 9.31. The van der Waals surface area contributed by atoms with Gasteiger partial charge in [-0.2, -0.15) is 0 Å². The van der Waals surface area contributed by atoms with E-state index in [1.165, 1.54) is 36.8 Å². The first-order valence-electron chi connectivity index (χ1n) is 4.22. The highest BCUT2D eigenvalue weighted by Crippen LogP contribution is 2.30. The molecule has 0 unspecified atom stereocenters. The Labute approximate surface area is 67.6 Å². The molecule has 0 atom stereocenters. The van der Waals surface area contributed by atoms with Crippen LogP contribution in [-0.2, 0) is 0 Å². The molecule has 0 saturated heterocycles. The molecule has 2 aliphatic carbocycles. The Morgan fingerprint density at radius 1 is 1.27 bits per heavy atom. The molecule has 0 aromatic heterocycles. The van der Waals surface area contributed by atoms with Crippen LogP contribution in [0.1, 0.15) is 25.7 Å². The summed E-state index contributed by atoms with van der Waals surface area (Å²) in [4.78, 5) is 0. The van der Waals surface area contributed by atoms with Gasteiger partial charge in [0.1, 0.15) is 0 Å². The molecule has 0 heterocycles. The van der Waals surface area contributed by atoms with Crippen molar-refractivity contribution in [2.45, 2.75) is 25.7 Å². The van der Waals surface area contributed by atoms with Crippen LogP contribution in [0.4, 0.5) is 0 Å². The van der Waals surface area contributed by atoms with Gasteiger partial charge in [0.15, 0.2) is 0 Å². The van der Waals surface area contributed by atoms with Gasteiger partial charge < -0.3 is 0 Å². The third-order valence-corrected chi connectivity index (χ3v) is 2.30. The molecule has 0 N–H and O–H groups in total. The molecule has 0 nitrogen and oxygen atoms in total. The highest BCUT2D eigenvalue weighted by atomic mass is 14.2. The Morgan fingerprint density at radius 3 is 3.00 bits per heavy atom. The summed E-state index contributed by atoms with van der Waals surface area (Å²) in [5.41, 5.74) is 7.29. The predicted octanol–water partition coefficient (Wildman–Crippen LogP) is 3.14. The van der Waals surface area contributed by atoms with Gasteiger partial charge >= 0.3 is 0 Å². The molecule has 0 bridgehead atoms. The summed E-state index contributed by atoms with van der Waals surface area (Å²) in [5.74, 6) is 0. The number of hydrogen-bond acceptors (Lipinski definition) is 0. The van der Waals surface area contributed by atoms with Crippen LogP contribution in [0.15, 0.2) is 41.2 Å². The van der Waals surface area contributed by atoms with Gasteiger partial charge in [-0.15, -0.1) is 5.73 Å². The first-order chi connectivity index (χ1) is 5.36. The SMILES string of the molecule is C=C1C=C=C2CCCCC2=C1. The van der Waals surface area contributed by atoms with Crippen LogP contribution in [0.2, 0.25) is 0 Å². The van der Waals surface area contributed by atoms with E-state index < -0.39 is 0 Å². The van der Waals surface area contributed by atoms with E-state index in [0.29, 0.717) is 0 Å². The zero-order chi connectivity index (χ0) is 7.68. The summed E-state index contributed by atoms with van der Waals surface area (Å²) in [5, 5.41) is 0. The summed E-state index contributed by atoms with van der Waals surface area (Å²) < 4.78 is 0. The molecule has 1 fully saturated rings. The monoisotopic (exact) mass is 144 g/mol. The first kappa shape index (κ1) is 6.69. The first-order valence-corrected chi connectivity index (χ1v) is 4.22. The number of hydrogen-bond donors (Lipinski definition) is 0.